The van der Waals surface area contributed by atoms with Crippen molar-refractivity contribution < 1.29 is 4.42 Å². The Bertz CT molecular complexity index is 1420. The summed E-state index contributed by atoms with van der Waals surface area (Å²) in [6, 6.07) is 25.2. The molecular formula is C23H15N3O2. The quantitative estimate of drug-likeness (QED) is 0.424. The monoisotopic (exact) mass is 365 g/mol. The fourth-order valence-electron chi connectivity index (χ4n) is 4.13. The molecule has 1 N–H and O–H groups in total. The van der Waals surface area contributed by atoms with E-state index in [1.807, 2.05) is 78.9 Å². The van der Waals surface area contributed by atoms with Crippen LogP contribution in [0, 0.1) is 0 Å². The fraction of sp³-hybridized carbons (Fsp3) is 0.0435. The van der Waals surface area contributed by atoms with Crippen LogP contribution in [0.2, 0.25) is 0 Å². The Hall–Kier alpha value is -3.86. The van der Waals surface area contributed by atoms with Crippen LogP contribution in [0.1, 0.15) is 17.2 Å². The van der Waals surface area contributed by atoms with Crippen molar-refractivity contribution in [2.24, 2.45) is 0 Å². The number of nitrogens with one attached hydrogen (secondary N) is 1. The molecule has 0 amide bonds. The number of aromatic nitrogens is 2. The van der Waals surface area contributed by atoms with Gasteiger partial charge in [-0.15, -0.1) is 0 Å². The van der Waals surface area contributed by atoms with Crippen molar-refractivity contribution in [3.63, 3.8) is 0 Å². The largest absolute Gasteiger partial charge is 0.422 e. The highest BCUT2D eigenvalue weighted by atomic mass is 16.4. The van der Waals surface area contributed by atoms with Gasteiger partial charge in [0.05, 0.1) is 28.3 Å². The molecule has 1 unspecified atom stereocenters. The van der Waals surface area contributed by atoms with E-state index < -0.39 is 0 Å². The Labute approximate surface area is 159 Å². The topological polar surface area (TPSA) is 60.1 Å². The molecule has 5 nitrogen and oxygen atoms in total. The maximum Gasteiger partial charge on any atom is 0.344 e. The molecule has 134 valence electrons. The minimum atomic E-state index is -0.335. The highest BCUT2D eigenvalue weighted by molar-refractivity contribution is 5.95. The van der Waals surface area contributed by atoms with Crippen LogP contribution in [0.15, 0.2) is 88.1 Å². The SMILES string of the molecule is O=c1oc2ccccc2c2c1C(c1ccccc1)n1c(nc3ccccc31)N2. The van der Waals surface area contributed by atoms with Gasteiger partial charge in [0.15, 0.2) is 0 Å². The average molecular weight is 365 g/mol. The molecule has 0 spiro atoms. The van der Waals surface area contributed by atoms with Gasteiger partial charge in [-0.1, -0.05) is 54.6 Å². The fourth-order valence-corrected chi connectivity index (χ4v) is 4.13. The highest BCUT2D eigenvalue weighted by Crippen LogP contribution is 2.43. The Morgan fingerprint density at radius 1 is 0.893 bits per heavy atom. The van der Waals surface area contributed by atoms with Crippen LogP contribution >= 0.6 is 0 Å². The summed E-state index contributed by atoms with van der Waals surface area (Å²) in [6.07, 6.45) is 0. The molecule has 5 heteroatoms. The summed E-state index contributed by atoms with van der Waals surface area (Å²) < 4.78 is 7.77. The number of imidazole rings is 1. The summed E-state index contributed by atoms with van der Waals surface area (Å²) in [5.74, 6) is 0.721. The van der Waals surface area contributed by atoms with Crippen molar-refractivity contribution in [2.45, 2.75) is 6.04 Å². The number of rotatable bonds is 1. The Kier molecular flexibility index (Phi) is 3.03. The third kappa shape index (κ3) is 2.01. The Morgan fingerprint density at radius 3 is 2.54 bits per heavy atom. The van der Waals surface area contributed by atoms with E-state index in [1.54, 1.807) is 0 Å². The van der Waals surface area contributed by atoms with E-state index in [1.165, 1.54) is 0 Å². The number of nitrogens with zero attached hydrogens (tertiary/aromatic N) is 2. The first kappa shape index (κ1) is 15.2. The zero-order valence-corrected chi connectivity index (χ0v) is 14.8. The molecule has 28 heavy (non-hydrogen) atoms. The van der Waals surface area contributed by atoms with Crippen molar-refractivity contribution in [3.05, 3.63) is 100 Å². The highest BCUT2D eigenvalue weighted by Gasteiger charge is 2.33. The number of anilines is 2. The van der Waals surface area contributed by atoms with Crippen LogP contribution in [0.5, 0.6) is 0 Å². The first-order valence-electron chi connectivity index (χ1n) is 9.16. The van der Waals surface area contributed by atoms with Gasteiger partial charge in [0.25, 0.3) is 0 Å². The molecule has 3 aromatic carbocycles. The number of hydrogen-bond acceptors (Lipinski definition) is 4. The van der Waals surface area contributed by atoms with Gasteiger partial charge in [0.1, 0.15) is 5.58 Å². The van der Waals surface area contributed by atoms with Gasteiger partial charge < -0.3 is 9.73 Å². The Balaban J connectivity index is 1.77. The van der Waals surface area contributed by atoms with E-state index in [0.717, 1.165) is 33.6 Å². The van der Waals surface area contributed by atoms with Crippen molar-refractivity contribution in [1.29, 1.82) is 0 Å². The van der Waals surface area contributed by atoms with Gasteiger partial charge in [0, 0.05) is 5.39 Å². The molecule has 0 bridgehead atoms. The van der Waals surface area contributed by atoms with E-state index in [4.69, 9.17) is 9.40 Å². The standard InChI is InChI=1S/C23H15N3O2/c27-22-19-20(15-10-4-7-13-18(15)28-22)25-23-24-16-11-5-6-12-17(16)26(23)21(19)14-8-2-1-3-9-14/h1-13,21H,(H,24,25). The molecule has 0 aliphatic carbocycles. The third-order valence-electron chi connectivity index (χ3n) is 5.33. The summed E-state index contributed by atoms with van der Waals surface area (Å²) in [6.45, 7) is 0. The minimum absolute atomic E-state index is 0.319. The van der Waals surface area contributed by atoms with E-state index in [0.29, 0.717) is 11.1 Å². The maximum atomic E-state index is 13.1. The number of hydrogen-bond donors (Lipinski definition) is 1. The zero-order chi connectivity index (χ0) is 18.7. The van der Waals surface area contributed by atoms with Gasteiger partial charge >= 0.3 is 5.63 Å². The second-order valence-electron chi connectivity index (χ2n) is 6.91. The van der Waals surface area contributed by atoms with E-state index in [9.17, 15) is 4.79 Å². The smallest absolute Gasteiger partial charge is 0.344 e. The molecule has 2 aromatic heterocycles. The molecule has 0 saturated carbocycles. The van der Waals surface area contributed by atoms with E-state index >= 15 is 0 Å². The predicted octanol–water partition coefficient (Wildman–Crippen LogP) is 4.84. The molecule has 0 fully saturated rings. The molecule has 5 aromatic rings. The predicted molar refractivity (Wildman–Crippen MR) is 109 cm³/mol. The van der Waals surface area contributed by atoms with Crippen molar-refractivity contribution in [1.82, 2.24) is 9.55 Å². The lowest BCUT2D eigenvalue weighted by Crippen LogP contribution is -2.27. The van der Waals surface area contributed by atoms with E-state index in [2.05, 4.69) is 9.88 Å². The summed E-state index contributed by atoms with van der Waals surface area (Å²) in [7, 11) is 0. The van der Waals surface area contributed by atoms with Crippen LogP contribution < -0.4 is 10.9 Å². The second kappa shape index (κ2) is 5.57. The second-order valence-corrected chi connectivity index (χ2v) is 6.91. The molecule has 6 rings (SSSR count). The molecule has 1 aliphatic rings. The van der Waals surface area contributed by atoms with Crippen molar-refractivity contribution >= 4 is 33.6 Å². The molecule has 1 atom stereocenters. The lowest BCUT2D eigenvalue weighted by molar-refractivity contribution is 0.534. The zero-order valence-electron chi connectivity index (χ0n) is 14.8. The van der Waals surface area contributed by atoms with Gasteiger partial charge in [-0.25, -0.2) is 9.78 Å². The molecule has 1 aliphatic heterocycles. The van der Waals surface area contributed by atoms with Crippen LogP contribution in [0.3, 0.4) is 0 Å². The first-order chi connectivity index (χ1) is 13.8. The molecule has 0 saturated heterocycles. The van der Waals surface area contributed by atoms with Crippen LogP contribution in [0.4, 0.5) is 11.6 Å². The molecule has 3 heterocycles. The van der Waals surface area contributed by atoms with Gasteiger partial charge in [-0.2, -0.15) is 0 Å². The number of para-hydroxylation sites is 3. The summed E-state index contributed by atoms with van der Waals surface area (Å²) in [5.41, 5.74) is 4.46. The van der Waals surface area contributed by atoms with Gasteiger partial charge in [-0.3, -0.25) is 4.57 Å². The first-order valence-corrected chi connectivity index (χ1v) is 9.16. The average Bonchev–Trinajstić information content (AvgIpc) is 3.11. The Morgan fingerprint density at radius 2 is 1.64 bits per heavy atom. The van der Waals surface area contributed by atoms with Gasteiger partial charge in [-0.05, 0) is 29.8 Å². The van der Waals surface area contributed by atoms with Crippen molar-refractivity contribution in [3.8, 4) is 0 Å². The number of benzene rings is 3. The summed E-state index contributed by atoms with van der Waals surface area (Å²) in [5, 5.41) is 4.28. The lowest BCUT2D eigenvalue weighted by atomic mass is 9.95. The number of fused-ring (bicyclic) bond motifs is 6. The molecule has 0 radical (unpaired) electrons. The maximum absolute atomic E-state index is 13.1. The van der Waals surface area contributed by atoms with Gasteiger partial charge in [0.2, 0.25) is 5.95 Å². The van der Waals surface area contributed by atoms with Crippen LogP contribution in [-0.2, 0) is 0 Å². The molecular weight excluding hydrogens is 350 g/mol. The van der Waals surface area contributed by atoms with Crippen LogP contribution in [0.25, 0.3) is 22.0 Å². The third-order valence-corrected chi connectivity index (χ3v) is 5.33. The summed E-state index contributed by atoms with van der Waals surface area (Å²) >= 11 is 0. The van der Waals surface area contributed by atoms with Crippen LogP contribution in [-0.4, -0.2) is 9.55 Å². The van der Waals surface area contributed by atoms with Crippen molar-refractivity contribution in [2.75, 3.05) is 5.32 Å². The lowest BCUT2D eigenvalue weighted by Gasteiger charge is -2.29. The summed E-state index contributed by atoms with van der Waals surface area (Å²) in [4.78, 5) is 17.9. The normalized spacial score (nSPS) is 15.2. The van der Waals surface area contributed by atoms with E-state index in [-0.39, 0.29) is 11.7 Å². The minimum Gasteiger partial charge on any atom is -0.422 e.